The van der Waals surface area contributed by atoms with Crippen LogP contribution < -0.4 is 15.5 Å². The fraction of sp³-hybridized carbons (Fsp3) is 0.304. The summed E-state index contributed by atoms with van der Waals surface area (Å²) in [5.41, 5.74) is 2.66. The van der Waals surface area contributed by atoms with E-state index in [0.29, 0.717) is 33.4 Å². The minimum atomic E-state index is -0.685. The lowest BCUT2D eigenvalue weighted by Crippen LogP contribution is -2.51. The molecule has 9 heteroatoms. The van der Waals surface area contributed by atoms with Gasteiger partial charge >= 0.3 is 12.0 Å². The molecule has 0 bridgehead atoms. The summed E-state index contributed by atoms with van der Waals surface area (Å²) in [6.07, 6.45) is 0. The molecule has 7 nitrogen and oxygen atoms in total. The third-order valence-electron chi connectivity index (χ3n) is 5.72. The van der Waals surface area contributed by atoms with E-state index in [1.807, 2.05) is 30.3 Å². The number of urea groups is 1. The molecule has 0 aliphatic carbocycles. The summed E-state index contributed by atoms with van der Waals surface area (Å²) >= 11 is 12.4. The lowest BCUT2D eigenvalue weighted by atomic mass is 9.95. The average molecular weight is 475 g/mol. The highest BCUT2D eigenvalue weighted by Gasteiger charge is 2.35. The van der Waals surface area contributed by atoms with Crippen molar-refractivity contribution in [2.75, 3.05) is 44.7 Å². The Balaban J connectivity index is 1.55. The van der Waals surface area contributed by atoms with Crippen LogP contribution in [-0.4, -0.2) is 56.7 Å². The second-order valence-electron chi connectivity index (χ2n) is 7.68. The van der Waals surface area contributed by atoms with Crippen molar-refractivity contribution >= 4 is 40.9 Å². The lowest BCUT2D eigenvalue weighted by molar-refractivity contribution is -0.136. The number of nitrogens with zero attached hydrogens (tertiary/aromatic N) is 2. The molecule has 0 spiro atoms. The summed E-state index contributed by atoms with van der Waals surface area (Å²) in [4.78, 5) is 29.7. The molecule has 2 aliphatic rings. The molecule has 2 amide bonds. The third-order valence-corrected chi connectivity index (χ3v) is 6.32. The Hall–Kier alpha value is -2.74. The Morgan fingerprint density at radius 1 is 1.06 bits per heavy atom. The van der Waals surface area contributed by atoms with Gasteiger partial charge in [-0.3, -0.25) is 4.90 Å². The number of benzene rings is 2. The van der Waals surface area contributed by atoms with Crippen molar-refractivity contribution in [1.29, 1.82) is 0 Å². The van der Waals surface area contributed by atoms with Crippen LogP contribution in [0.2, 0.25) is 10.0 Å². The third kappa shape index (κ3) is 4.85. The maximum absolute atomic E-state index is 12.7. The Bertz CT molecular complexity index is 1030. The van der Waals surface area contributed by atoms with Crippen LogP contribution in [0, 0.1) is 0 Å². The van der Waals surface area contributed by atoms with E-state index in [2.05, 4.69) is 20.4 Å². The second kappa shape index (κ2) is 9.81. The largest absolute Gasteiger partial charge is 0.466 e. The fourth-order valence-corrected chi connectivity index (χ4v) is 4.45. The number of piperazine rings is 1. The average Bonchev–Trinajstić information content (AvgIpc) is 2.80. The maximum atomic E-state index is 12.7. The topological polar surface area (TPSA) is 73.9 Å². The van der Waals surface area contributed by atoms with Gasteiger partial charge in [0.1, 0.15) is 0 Å². The molecule has 0 saturated carbocycles. The summed E-state index contributed by atoms with van der Waals surface area (Å²) in [6.45, 7) is 3.62. The number of methoxy groups -OCH3 is 1. The van der Waals surface area contributed by atoms with Gasteiger partial charge in [0.15, 0.2) is 0 Å². The molecule has 1 fully saturated rings. The molecule has 1 atom stereocenters. The highest BCUT2D eigenvalue weighted by atomic mass is 35.5. The first-order valence-corrected chi connectivity index (χ1v) is 11.1. The molecule has 2 aromatic rings. The van der Waals surface area contributed by atoms with Gasteiger partial charge in [-0.2, -0.15) is 0 Å². The van der Waals surface area contributed by atoms with E-state index >= 15 is 0 Å². The summed E-state index contributed by atoms with van der Waals surface area (Å²) in [6, 6.07) is 13.9. The smallest absolute Gasteiger partial charge is 0.338 e. The Labute approximate surface area is 196 Å². The van der Waals surface area contributed by atoms with E-state index in [1.54, 1.807) is 18.2 Å². The van der Waals surface area contributed by atoms with Gasteiger partial charge in [-0.15, -0.1) is 0 Å². The van der Waals surface area contributed by atoms with Crippen LogP contribution in [0.5, 0.6) is 0 Å². The number of amides is 2. The van der Waals surface area contributed by atoms with Crippen LogP contribution in [0.3, 0.4) is 0 Å². The molecule has 1 saturated heterocycles. The van der Waals surface area contributed by atoms with Crippen molar-refractivity contribution in [2.45, 2.75) is 6.04 Å². The van der Waals surface area contributed by atoms with Gasteiger partial charge in [0.25, 0.3) is 0 Å². The van der Waals surface area contributed by atoms with Gasteiger partial charge in [-0.05, 0) is 35.9 Å². The summed E-state index contributed by atoms with van der Waals surface area (Å²) in [5, 5.41) is 6.80. The van der Waals surface area contributed by atoms with Crippen molar-refractivity contribution < 1.29 is 14.3 Å². The van der Waals surface area contributed by atoms with E-state index in [0.717, 1.165) is 31.9 Å². The number of carbonyl (C=O) groups is 2. The van der Waals surface area contributed by atoms with E-state index in [4.69, 9.17) is 27.9 Å². The predicted octanol–water partition coefficient (Wildman–Crippen LogP) is 3.60. The Morgan fingerprint density at radius 2 is 1.75 bits per heavy atom. The molecular formula is C23H24Cl2N4O3. The summed E-state index contributed by atoms with van der Waals surface area (Å²) in [7, 11) is 1.33. The first-order valence-electron chi connectivity index (χ1n) is 10.3. The second-order valence-corrected chi connectivity index (χ2v) is 8.52. The van der Waals surface area contributed by atoms with Gasteiger partial charge in [0.05, 0.1) is 18.7 Å². The molecular weight excluding hydrogens is 451 g/mol. The summed E-state index contributed by atoms with van der Waals surface area (Å²) in [5.74, 6) is -0.503. The first-order chi connectivity index (χ1) is 15.5. The number of anilines is 1. The number of esters is 1. The molecule has 2 heterocycles. The van der Waals surface area contributed by atoms with Crippen molar-refractivity contribution in [3.8, 4) is 0 Å². The highest BCUT2D eigenvalue weighted by Crippen LogP contribution is 2.32. The standard InChI is InChI=1S/C23H24Cl2N4O3/c1-32-22(30)20-19(26-23(31)27-21(20)17-4-2-3-5-18(17)25)14-28-10-12-29(13-11-28)16-8-6-15(24)7-9-16/h2-9,21H,10-14H2,1H3,(H2,26,27,31)/t21-/m0/s1. The molecule has 2 aliphatic heterocycles. The molecule has 4 rings (SSSR count). The highest BCUT2D eigenvalue weighted by molar-refractivity contribution is 6.31. The van der Waals surface area contributed by atoms with E-state index in [9.17, 15) is 9.59 Å². The van der Waals surface area contributed by atoms with Crippen molar-refractivity contribution in [2.24, 2.45) is 0 Å². The molecule has 32 heavy (non-hydrogen) atoms. The molecule has 168 valence electrons. The lowest BCUT2D eigenvalue weighted by Gasteiger charge is -2.38. The number of nitrogens with one attached hydrogen (secondary N) is 2. The molecule has 0 unspecified atom stereocenters. The normalized spacial score (nSPS) is 19.4. The number of halogens is 2. The van der Waals surface area contributed by atoms with Crippen molar-refractivity contribution in [1.82, 2.24) is 15.5 Å². The van der Waals surface area contributed by atoms with E-state index in [-0.39, 0.29) is 6.03 Å². The minimum absolute atomic E-state index is 0.361. The van der Waals surface area contributed by atoms with Gasteiger partial charge in [0.2, 0.25) is 0 Å². The van der Waals surface area contributed by atoms with Gasteiger partial charge in [-0.1, -0.05) is 41.4 Å². The number of hydrogen-bond donors (Lipinski definition) is 2. The van der Waals surface area contributed by atoms with Crippen molar-refractivity contribution in [3.63, 3.8) is 0 Å². The fourth-order valence-electron chi connectivity index (χ4n) is 4.08. The van der Waals surface area contributed by atoms with Crippen LogP contribution in [0.1, 0.15) is 11.6 Å². The van der Waals surface area contributed by atoms with Crippen LogP contribution >= 0.6 is 23.2 Å². The zero-order chi connectivity index (χ0) is 22.7. The van der Waals surface area contributed by atoms with Crippen LogP contribution in [-0.2, 0) is 9.53 Å². The number of ether oxygens (including phenoxy) is 1. The quantitative estimate of drug-likeness (QED) is 0.647. The number of rotatable bonds is 5. The van der Waals surface area contributed by atoms with Gasteiger partial charge in [-0.25, -0.2) is 9.59 Å². The Morgan fingerprint density at radius 3 is 2.41 bits per heavy atom. The SMILES string of the molecule is COC(=O)C1=C(CN2CCN(c3ccc(Cl)cc3)CC2)NC(=O)N[C@H]1c1ccccc1Cl. The number of carbonyl (C=O) groups excluding carboxylic acids is 2. The minimum Gasteiger partial charge on any atom is -0.466 e. The predicted molar refractivity (Wildman–Crippen MR) is 125 cm³/mol. The van der Waals surface area contributed by atoms with E-state index in [1.165, 1.54) is 7.11 Å². The van der Waals surface area contributed by atoms with Crippen LogP contribution in [0.4, 0.5) is 10.5 Å². The maximum Gasteiger partial charge on any atom is 0.338 e. The van der Waals surface area contributed by atoms with Gasteiger partial charge in [0, 0.05) is 54.2 Å². The zero-order valence-electron chi connectivity index (χ0n) is 17.6. The molecule has 2 N–H and O–H groups in total. The summed E-state index contributed by atoms with van der Waals surface area (Å²) < 4.78 is 5.05. The van der Waals surface area contributed by atoms with E-state index < -0.39 is 12.0 Å². The Kier molecular flexibility index (Phi) is 6.89. The number of hydrogen-bond acceptors (Lipinski definition) is 5. The monoisotopic (exact) mass is 474 g/mol. The first kappa shape index (κ1) is 22.5. The van der Waals surface area contributed by atoms with Crippen molar-refractivity contribution in [3.05, 3.63) is 75.4 Å². The molecule has 0 aromatic heterocycles. The van der Waals surface area contributed by atoms with Gasteiger partial charge < -0.3 is 20.3 Å². The molecule has 0 radical (unpaired) electrons. The zero-order valence-corrected chi connectivity index (χ0v) is 19.1. The molecule has 2 aromatic carbocycles. The van der Waals surface area contributed by atoms with Crippen LogP contribution in [0.15, 0.2) is 59.8 Å². The van der Waals surface area contributed by atoms with Crippen LogP contribution in [0.25, 0.3) is 0 Å².